The van der Waals surface area contributed by atoms with Crippen LogP contribution in [0.15, 0.2) is 30.3 Å². The zero-order valence-electron chi connectivity index (χ0n) is 7.94. The second-order valence-electron chi connectivity index (χ2n) is 4.30. The van der Waals surface area contributed by atoms with Crippen molar-refractivity contribution in [2.24, 2.45) is 5.92 Å². The molecule has 2 nitrogen and oxygen atoms in total. The molecule has 3 atom stereocenters. The van der Waals surface area contributed by atoms with E-state index < -0.39 is 0 Å². The second kappa shape index (κ2) is 2.84. The Morgan fingerprint density at radius 1 is 1.14 bits per heavy atom. The van der Waals surface area contributed by atoms with Crippen molar-refractivity contribution in [3.63, 3.8) is 0 Å². The summed E-state index contributed by atoms with van der Waals surface area (Å²) in [5.41, 5.74) is 1.38. The highest BCUT2D eigenvalue weighted by Crippen LogP contribution is 2.42. The summed E-state index contributed by atoms with van der Waals surface area (Å²) in [5.74, 6) is 1.10. The Balaban J connectivity index is 1.87. The highest BCUT2D eigenvalue weighted by atomic mass is 16.2. The minimum absolute atomic E-state index is 0.266. The van der Waals surface area contributed by atoms with Gasteiger partial charge in [-0.25, -0.2) is 0 Å². The summed E-state index contributed by atoms with van der Waals surface area (Å²) < 4.78 is 0. The maximum absolute atomic E-state index is 11.3. The lowest BCUT2D eigenvalue weighted by Gasteiger charge is -2.22. The molecular weight excluding hydrogens is 174 g/mol. The van der Waals surface area contributed by atoms with Gasteiger partial charge < -0.3 is 5.32 Å². The predicted octanol–water partition coefficient (Wildman–Crippen LogP) is 1.68. The van der Waals surface area contributed by atoms with Crippen molar-refractivity contribution in [3.05, 3.63) is 35.9 Å². The number of benzene rings is 1. The first-order valence-electron chi connectivity index (χ1n) is 5.20. The van der Waals surface area contributed by atoms with E-state index in [1.54, 1.807) is 0 Å². The molecule has 0 spiro atoms. The van der Waals surface area contributed by atoms with Crippen LogP contribution in [-0.2, 0) is 4.79 Å². The highest BCUT2D eigenvalue weighted by molar-refractivity contribution is 5.83. The number of carbonyl (C=O) groups excluding carboxylic acids is 1. The van der Waals surface area contributed by atoms with Gasteiger partial charge in [0.25, 0.3) is 0 Å². The number of nitrogens with one attached hydrogen (secondary N) is 1. The van der Waals surface area contributed by atoms with E-state index in [1.165, 1.54) is 5.56 Å². The van der Waals surface area contributed by atoms with E-state index in [1.807, 2.05) is 6.07 Å². The van der Waals surface area contributed by atoms with Crippen molar-refractivity contribution >= 4 is 5.91 Å². The van der Waals surface area contributed by atoms with Crippen LogP contribution in [0, 0.1) is 5.92 Å². The maximum Gasteiger partial charge on any atom is 0.223 e. The van der Waals surface area contributed by atoms with Crippen LogP contribution in [-0.4, -0.2) is 11.9 Å². The molecule has 1 saturated carbocycles. The zero-order valence-corrected chi connectivity index (χ0v) is 7.94. The standard InChI is InChI=1S/C12H13NO/c14-12-9-6-10(11(7-9)13-12)8-4-2-1-3-5-8/h1-5,9-11H,6-7H2,(H,13,14). The van der Waals surface area contributed by atoms with E-state index in [0.717, 1.165) is 12.8 Å². The monoisotopic (exact) mass is 187 g/mol. The largest absolute Gasteiger partial charge is 0.352 e. The fourth-order valence-corrected chi connectivity index (χ4v) is 2.78. The van der Waals surface area contributed by atoms with Crippen molar-refractivity contribution in [2.45, 2.75) is 24.8 Å². The van der Waals surface area contributed by atoms with Crippen molar-refractivity contribution in [1.82, 2.24) is 5.32 Å². The molecule has 2 aliphatic rings. The molecule has 2 heteroatoms. The first-order chi connectivity index (χ1) is 6.84. The topological polar surface area (TPSA) is 29.1 Å². The summed E-state index contributed by atoms with van der Waals surface area (Å²) in [7, 11) is 0. The normalized spacial score (nSPS) is 34.6. The molecule has 0 radical (unpaired) electrons. The minimum atomic E-state index is 0.266. The molecule has 1 amide bonds. The summed E-state index contributed by atoms with van der Waals surface area (Å²) in [6, 6.07) is 10.9. The van der Waals surface area contributed by atoms with Crippen LogP contribution in [0.25, 0.3) is 0 Å². The van der Waals surface area contributed by atoms with Crippen molar-refractivity contribution in [1.29, 1.82) is 0 Å². The maximum atomic E-state index is 11.3. The van der Waals surface area contributed by atoms with Gasteiger partial charge in [0.1, 0.15) is 0 Å². The van der Waals surface area contributed by atoms with Gasteiger partial charge in [-0.05, 0) is 18.4 Å². The molecule has 14 heavy (non-hydrogen) atoms. The molecule has 1 N–H and O–H groups in total. The third-order valence-electron chi connectivity index (χ3n) is 3.49. The van der Waals surface area contributed by atoms with Gasteiger partial charge in [-0.2, -0.15) is 0 Å². The van der Waals surface area contributed by atoms with Crippen LogP contribution >= 0.6 is 0 Å². The number of hydrogen-bond acceptors (Lipinski definition) is 1. The Morgan fingerprint density at radius 2 is 1.93 bits per heavy atom. The van der Waals surface area contributed by atoms with Crippen LogP contribution in [0.4, 0.5) is 0 Å². The first-order valence-corrected chi connectivity index (χ1v) is 5.20. The SMILES string of the molecule is O=C1NC2CC1CC2c1ccccc1. The Bertz CT molecular complexity index is 360. The van der Waals surface area contributed by atoms with E-state index in [2.05, 4.69) is 29.6 Å². The summed E-state index contributed by atoms with van der Waals surface area (Å²) in [6.07, 6.45) is 2.08. The van der Waals surface area contributed by atoms with Gasteiger partial charge in [-0.15, -0.1) is 0 Å². The van der Waals surface area contributed by atoms with E-state index in [0.29, 0.717) is 12.0 Å². The van der Waals surface area contributed by atoms with Crippen LogP contribution in [0.2, 0.25) is 0 Å². The van der Waals surface area contributed by atoms with Gasteiger partial charge in [-0.3, -0.25) is 4.79 Å². The molecule has 3 rings (SSSR count). The van der Waals surface area contributed by atoms with Crippen LogP contribution in [0.5, 0.6) is 0 Å². The molecule has 1 aromatic rings. The number of carbonyl (C=O) groups is 1. The number of hydrogen-bond donors (Lipinski definition) is 1. The van der Waals surface area contributed by atoms with Gasteiger partial charge >= 0.3 is 0 Å². The lowest BCUT2D eigenvalue weighted by molar-refractivity contribution is -0.123. The van der Waals surface area contributed by atoms with E-state index in [4.69, 9.17) is 0 Å². The lowest BCUT2D eigenvalue weighted by Crippen LogP contribution is -2.35. The average Bonchev–Trinajstić information content (AvgIpc) is 2.77. The smallest absolute Gasteiger partial charge is 0.223 e. The van der Waals surface area contributed by atoms with Crippen LogP contribution in [0.1, 0.15) is 24.3 Å². The molecular formula is C12H13NO. The minimum Gasteiger partial charge on any atom is -0.352 e. The van der Waals surface area contributed by atoms with Gasteiger partial charge in [0.15, 0.2) is 0 Å². The first kappa shape index (κ1) is 8.04. The molecule has 2 bridgehead atoms. The van der Waals surface area contributed by atoms with E-state index in [-0.39, 0.29) is 11.8 Å². The van der Waals surface area contributed by atoms with Gasteiger partial charge in [-0.1, -0.05) is 30.3 Å². The molecule has 1 saturated heterocycles. The molecule has 72 valence electrons. The third kappa shape index (κ3) is 1.07. The van der Waals surface area contributed by atoms with E-state index in [9.17, 15) is 4.79 Å². The summed E-state index contributed by atoms with van der Waals surface area (Å²) in [5, 5.41) is 3.06. The lowest BCUT2D eigenvalue weighted by atomic mass is 9.91. The van der Waals surface area contributed by atoms with Gasteiger partial charge in [0.2, 0.25) is 5.91 Å². The fraction of sp³-hybridized carbons (Fsp3) is 0.417. The molecule has 1 aromatic carbocycles. The Labute approximate surface area is 83.3 Å². The predicted molar refractivity (Wildman–Crippen MR) is 53.8 cm³/mol. The van der Waals surface area contributed by atoms with Crippen LogP contribution in [0.3, 0.4) is 0 Å². The van der Waals surface area contributed by atoms with Crippen molar-refractivity contribution < 1.29 is 4.79 Å². The summed E-state index contributed by atoms with van der Waals surface area (Å²) in [4.78, 5) is 11.3. The average molecular weight is 187 g/mol. The Morgan fingerprint density at radius 3 is 2.50 bits per heavy atom. The van der Waals surface area contributed by atoms with Gasteiger partial charge in [0.05, 0.1) is 0 Å². The third-order valence-corrected chi connectivity index (χ3v) is 3.49. The number of rotatable bonds is 1. The van der Waals surface area contributed by atoms with Crippen molar-refractivity contribution in [2.75, 3.05) is 0 Å². The zero-order chi connectivity index (χ0) is 9.54. The molecule has 1 heterocycles. The molecule has 1 aliphatic carbocycles. The van der Waals surface area contributed by atoms with Crippen LogP contribution < -0.4 is 5.32 Å². The summed E-state index contributed by atoms with van der Waals surface area (Å²) >= 11 is 0. The second-order valence-corrected chi connectivity index (χ2v) is 4.30. The number of amides is 1. The molecule has 1 aliphatic heterocycles. The fourth-order valence-electron chi connectivity index (χ4n) is 2.78. The molecule has 2 fully saturated rings. The number of fused-ring (bicyclic) bond motifs is 2. The molecule has 0 aromatic heterocycles. The Hall–Kier alpha value is -1.31. The Kier molecular flexibility index (Phi) is 1.63. The van der Waals surface area contributed by atoms with Gasteiger partial charge in [0, 0.05) is 17.9 Å². The summed E-state index contributed by atoms with van der Waals surface area (Å²) in [6.45, 7) is 0. The quantitative estimate of drug-likeness (QED) is 0.712. The molecule has 3 unspecified atom stereocenters. The highest BCUT2D eigenvalue weighted by Gasteiger charge is 2.45. The number of piperidine rings is 1. The van der Waals surface area contributed by atoms with E-state index >= 15 is 0 Å². The van der Waals surface area contributed by atoms with Crippen molar-refractivity contribution in [3.8, 4) is 0 Å².